The number of nitrogens with zero attached hydrogens (tertiary/aromatic N) is 3. The third kappa shape index (κ3) is 3.23. The van der Waals surface area contributed by atoms with E-state index in [0.717, 1.165) is 36.5 Å². The standard InChI is InChI=1S/C15H23N5/c1-4-12-9-13(20(5-2)19-12)10-15(18-16)14-8-6-7-11(3)17-14/h6-9,15,18H,4-5,10,16H2,1-3H3. The molecule has 5 nitrogen and oxygen atoms in total. The Morgan fingerprint density at radius 2 is 2.15 bits per heavy atom. The van der Waals surface area contributed by atoms with Gasteiger partial charge in [-0.1, -0.05) is 13.0 Å². The van der Waals surface area contributed by atoms with Gasteiger partial charge in [0, 0.05) is 24.4 Å². The molecule has 3 N–H and O–H groups in total. The lowest BCUT2D eigenvalue weighted by atomic mass is 10.1. The minimum Gasteiger partial charge on any atom is -0.271 e. The van der Waals surface area contributed by atoms with Crippen molar-refractivity contribution < 1.29 is 0 Å². The maximum atomic E-state index is 5.71. The van der Waals surface area contributed by atoms with Gasteiger partial charge in [0.1, 0.15) is 0 Å². The Balaban J connectivity index is 2.24. The average molecular weight is 273 g/mol. The van der Waals surface area contributed by atoms with Crippen molar-refractivity contribution in [3.8, 4) is 0 Å². The van der Waals surface area contributed by atoms with E-state index < -0.39 is 0 Å². The Bertz CT molecular complexity index is 561. The number of pyridine rings is 1. The van der Waals surface area contributed by atoms with E-state index in [1.54, 1.807) is 0 Å². The number of hydrazine groups is 1. The quantitative estimate of drug-likeness (QED) is 0.623. The van der Waals surface area contributed by atoms with Crippen LogP contribution in [0.3, 0.4) is 0 Å². The van der Waals surface area contributed by atoms with Crippen LogP contribution in [0.25, 0.3) is 0 Å². The summed E-state index contributed by atoms with van der Waals surface area (Å²) in [6.45, 7) is 7.08. The highest BCUT2D eigenvalue weighted by Crippen LogP contribution is 2.17. The van der Waals surface area contributed by atoms with E-state index in [9.17, 15) is 0 Å². The van der Waals surface area contributed by atoms with Crippen LogP contribution in [-0.4, -0.2) is 14.8 Å². The van der Waals surface area contributed by atoms with Gasteiger partial charge < -0.3 is 0 Å². The smallest absolute Gasteiger partial charge is 0.0687 e. The highest BCUT2D eigenvalue weighted by atomic mass is 15.3. The van der Waals surface area contributed by atoms with Gasteiger partial charge in [0.25, 0.3) is 0 Å². The van der Waals surface area contributed by atoms with Crippen LogP contribution in [0.5, 0.6) is 0 Å². The molecule has 0 fully saturated rings. The Kier molecular flexibility index (Phi) is 4.87. The number of hydrogen-bond donors (Lipinski definition) is 2. The van der Waals surface area contributed by atoms with E-state index in [0.29, 0.717) is 0 Å². The second-order valence-electron chi connectivity index (χ2n) is 4.92. The van der Waals surface area contributed by atoms with Crippen LogP contribution in [-0.2, 0) is 19.4 Å². The van der Waals surface area contributed by atoms with Crippen molar-refractivity contribution in [1.29, 1.82) is 0 Å². The molecular weight excluding hydrogens is 250 g/mol. The summed E-state index contributed by atoms with van der Waals surface area (Å²) >= 11 is 0. The van der Waals surface area contributed by atoms with Gasteiger partial charge in [-0.25, -0.2) is 0 Å². The fourth-order valence-electron chi connectivity index (χ4n) is 2.34. The minimum absolute atomic E-state index is 0.00149. The third-order valence-electron chi connectivity index (χ3n) is 3.46. The van der Waals surface area contributed by atoms with Crippen LogP contribution in [0.15, 0.2) is 24.3 Å². The zero-order valence-corrected chi connectivity index (χ0v) is 12.4. The predicted octanol–water partition coefficient (Wildman–Crippen LogP) is 1.92. The van der Waals surface area contributed by atoms with Crippen LogP contribution in [0.2, 0.25) is 0 Å². The fourth-order valence-corrected chi connectivity index (χ4v) is 2.34. The lowest BCUT2D eigenvalue weighted by molar-refractivity contribution is 0.506. The zero-order valence-electron chi connectivity index (χ0n) is 12.4. The van der Waals surface area contributed by atoms with Gasteiger partial charge in [0.15, 0.2) is 0 Å². The van der Waals surface area contributed by atoms with Crippen LogP contribution in [0, 0.1) is 6.92 Å². The van der Waals surface area contributed by atoms with Gasteiger partial charge in [-0.2, -0.15) is 5.10 Å². The molecule has 0 aliphatic heterocycles. The van der Waals surface area contributed by atoms with E-state index in [-0.39, 0.29) is 6.04 Å². The minimum atomic E-state index is 0.00149. The van der Waals surface area contributed by atoms with E-state index in [2.05, 4.69) is 35.4 Å². The van der Waals surface area contributed by atoms with Gasteiger partial charge in [-0.3, -0.25) is 20.9 Å². The van der Waals surface area contributed by atoms with Crippen LogP contribution in [0.1, 0.15) is 42.7 Å². The molecule has 0 saturated carbocycles. The topological polar surface area (TPSA) is 68.8 Å². The fraction of sp³-hybridized carbons (Fsp3) is 0.467. The highest BCUT2D eigenvalue weighted by molar-refractivity contribution is 5.18. The monoisotopic (exact) mass is 273 g/mol. The van der Waals surface area contributed by atoms with Crippen molar-refractivity contribution in [3.05, 3.63) is 47.0 Å². The lowest BCUT2D eigenvalue weighted by Crippen LogP contribution is -2.31. The van der Waals surface area contributed by atoms with Gasteiger partial charge in [0.2, 0.25) is 0 Å². The summed E-state index contributed by atoms with van der Waals surface area (Å²) in [4.78, 5) is 4.55. The Morgan fingerprint density at radius 3 is 2.75 bits per heavy atom. The molecule has 108 valence electrons. The van der Waals surface area contributed by atoms with Crippen molar-refractivity contribution >= 4 is 0 Å². The van der Waals surface area contributed by atoms with Crippen LogP contribution >= 0.6 is 0 Å². The first-order valence-corrected chi connectivity index (χ1v) is 7.13. The molecule has 2 aromatic rings. The number of rotatable bonds is 6. The van der Waals surface area contributed by atoms with Crippen LogP contribution in [0.4, 0.5) is 0 Å². The Labute approximate surface area is 120 Å². The first-order chi connectivity index (χ1) is 9.67. The first kappa shape index (κ1) is 14.7. The molecule has 2 heterocycles. The molecule has 0 spiro atoms. The summed E-state index contributed by atoms with van der Waals surface area (Å²) < 4.78 is 2.04. The Hall–Kier alpha value is -1.72. The molecular formula is C15H23N5. The molecule has 0 radical (unpaired) electrons. The van der Waals surface area contributed by atoms with Gasteiger partial charge in [-0.15, -0.1) is 0 Å². The summed E-state index contributed by atoms with van der Waals surface area (Å²) in [7, 11) is 0. The molecule has 1 atom stereocenters. The van der Waals surface area contributed by atoms with Crippen molar-refractivity contribution in [3.63, 3.8) is 0 Å². The van der Waals surface area contributed by atoms with E-state index in [1.807, 2.05) is 29.8 Å². The summed E-state index contributed by atoms with van der Waals surface area (Å²) in [6.07, 6.45) is 1.73. The molecule has 2 rings (SSSR count). The SMILES string of the molecule is CCc1cc(CC(NN)c2cccc(C)n2)n(CC)n1. The number of nitrogens with one attached hydrogen (secondary N) is 1. The van der Waals surface area contributed by atoms with E-state index in [1.165, 1.54) is 5.69 Å². The van der Waals surface area contributed by atoms with Crippen molar-refractivity contribution in [2.24, 2.45) is 5.84 Å². The predicted molar refractivity (Wildman–Crippen MR) is 80.0 cm³/mol. The molecule has 2 aromatic heterocycles. The second kappa shape index (κ2) is 6.63. The van der Waals surface area contributed by atoms with Gasteiger partial charge >= 0.3 is 0 Å². The zero-order chi connectivity index (χ0) is 14.5. The van der Waals surface area contributed by atoms with E-state index >= 15 is 0 Å². The lowest BCUT2D eigenvalue weighted by Gasteiger charge is -2.16. The summed E-state index contributed by atoms with van der Waals surface area (Å²) in [5, 5.41) is 4.57. The summed E-state index contributed by atoms with van der Waals surface area (Å²) in [6, 6.07) is 8.16. The largest absolute Gasteiger partial charge is 0.271 e. The van der Waals surface area contributed by atoms with Gasteiger partial charge in [-0.05, 0) is 38.5 Å². The summed E-state index contributed by atoms with van der Waals surface area (Å²) in [5.41, 5.74) is 7.15. The van der Waals surface area contributed by atoms with Crippen LogP contribution < -0.4 is 11.3 Å². The molecule has 0 aliphatic carbocycles. The Morgan fingerprint density at radius 1 is 1.35 bits per heavy atom. The molecule has 0 saturated heterocycles. The van der Waals surface area contributed by atoms with Crippen molar-refractivity contribution in [2.75, 3.05) is 0 Å². The molecule has 0 aromatic carbocycles. The summed E-state index contributed by atoms with van der Waals surface area (Å²) in [5.74, 6) is 5.71. The first-order valence-electron chi connectivity index (χ1n) is 7.13. The van der Waals surface area contributed by atoms with Gasteiger partial charge in [0.05, 0.1) is 17.4 Å². The second-order valence-corrected chi connectivity index (χ2v) is 4.92. The maximum Gasteiger partial charge on any atom is 0.0687 e. The van der Waals surface area contributed by atoms with Crippen molar-refractivity contribution in [1.82, 2.24) is 20.2 Å². The molecule has 20 heavy (non-hydrogen) atoms. The third-order valence-corrected chi connectivity index (χ3v) is 3.46. The number of hydrogen-bond acceptors (Lipinski definition) is 4. The molecule has 1 unspecified atom stereocenters. The molecule has 0 amide bonds. The highest BCUT2D eigenvalue weighted by Gasteiger charge is 2.15. The van der Waals surface area contributed by atoms with Crippen molar-refractivity contribution in [2.45, 2.75) is 46.2 Å². The molecule has 0 aliphatic rings. The average Bonchev–Trinajstić information content (AvgIpc) is 2.87. The molecule has 5 heteroatoms. The number of aryl methyl sites for hydroxylation is 3. The maximum absolute atomic E-state index is 5.71. The number of nitrogens with two attached hydrogens (primary N) is 1. The number of aromatic nitrogens is 3. The normalized spacial score (nSPS) is 12.6. The van der Waals surface area contributed by atoms with E-state index in [4.69, 9.17) is 5.84 Å². The molecule has 0 bridgehead atoms.